The van der Waals surface area contributed by atoms with Crippen molar-refractivity contribution in [2.75, 3.05) is 12.5 Å². The lowest BCUT2D eigenvalue weighted by atomic mass is 10.2. The van der Waals surface area contributed by atoms with Gasteiger partial charge in [-0.2, -0.15) is 10.3 Å². The fraction of sp³-hybridized carbons (Fsp3) is 0.111. The van der Waals surface area contributed by atoms with Gasteiger partial charge in [-0.05, 0) is 17.3 Å². The lowest BCUT2D eigenvalue weighted by molar-refractivity contribution is 0.414. The predicted octanol–water partition coefficient (Wildman–Crippen LogP) is 0.654. The first-order valence-electron chi connectivity index (χ1n) is 4.55. The van der Waals surface area contributed by atoms with Crippen LogP contribution in [0, 0.1) is 0 Å². The molecule has 0 amide bonds. The number of rotatable bonds is 4. The topological polar surface area (TPSA) is 88.1 Å². The molecular formula is C9H10N6O. The Morgan fingerprint density at radius 3 is 3.06 bits per heavy atom. The van der Waals surface area contributed by atoms with Crippen LogP contribution in [-0.4, -0.2) is 33.9 Å². The number of hydrazone groups is 1. The van der Waals surface area contributed by atoms with Crippen LogP contribution in [0.5, 0.6) is 5.75 Å². The van der Waals surface area contributed by atoms with E-state index >= 15 is 0 Å². The third-order valence-electron chi connectivity index (χ3n) is 1.85. The maximum Gasteiger partial charge on any atom is 0.283 e. The first-order valence-corrected chi connectivity index (χ1v) is 4.55. The molecule has 1 aromatic heterocycles. The number of H-pyrrole nitrogens is 1. The number of nitrogens with one attached hydrogen (secondary N) is 2. The molecule has 7 nitrogen and oxygen atoms in total. The van der Waals surface area contributed by atoms with Crippen molar-refractivity contribution in [3.8, 4) is 5.75 Å². The number of anilines is 1. The molecule has 0 bridgehead atoms. The second-order valence-corrected chi connectivity index (χ2v) is 2.85. The Morgan fingerprint density at radius 2 is 2.31 bits per heavy atom. The highest BCUT2D eigenvalue weighted by molar-refractivity contribution is 5.83. The van der Waals surface area contributed by atoms with Gasteiger partial charge >= 0.3 is 0 Å². The predicted molar refractivity (Wildman–Crippen MR) is 58.4 cm³/mol. The molecule has 2 aromatic rings. The molecule has 0 unspecified atom stereocenters. The van der Waals surface area contributed by atoms with Crippen molar-refractivity contribution in [1.82, 2.24) is 20.6 Å². The van der Waals surface area contributed by atoms with Gasteiger partial charge in [-0.15, -0.1) is 5.10 Å². The van der Waals surface area contributed by atoms with Gasteiger partial charge in [0.05, 0.1) is 13.3 Å². The van der Waals surface area contributed by atoms with E-state index in [9.17, 15) is 0 Å². The van der Waals surface area contributed by atoms with E-state index in [1.165, 1.54) is 0 Å². The smallest absolute Gasteiger partial charge is 0.283 e. The van der Waals surface area contributed by atoms with Gasteiger partial charge in [0.25, 0.3) is 5.95 Å². The maximum atomic E-state index is 5.16. The number of aromatic nitrogens is 4. The molecule has 2 rings (SSSR count). The van der Waals surface area contributed by atoms with Gasteiger partial charge in [-0.25, -0.2) is 5.43 Å². The Hall–Kier alpha value is -2.44. The molecule has 2 N–H and O–H groups in total. The molecule has 0 spiro atoms. The van der Waals surface area contributed by atoms with Crippen LogP contribution in [0.4, 0.5) is 5.95 Å². The summed E-state index contributed by atoms with van der Waals surface area (Å²) < 4.78 is 5.16. The van der Waals surface area contributed by atoms with Crippen LogP contribution >= 0.6 is 0 Å². The summed E-state index contributed by atoms with van der Waals surface area (Å²) in [6.45, 7) is 0. The standard InChI is InChI=1S/C9H10N6O/c1-16-8-5-3-2-4-7(8)6-10-11-9-12-14-15-13-9/h2-6H,1H3,(H2,11,12,13,14,15)/b10-6-. The van der Waals surface area contributed by atoms with Crippen LogP contribution < -0.4 is 10.2 Å². The van der Waals surface area contributed by atoms with E-state index in [0.717, 1.165) is 11.3 Å². The summed E-state index contributed by atoms with van der Waals surface area (Å²) >= 11 is 0. The third-order valence-corrected chi connectivity index (χ3v) is 1.85. The molecule has 0 atom stereocenters. The van der Waals surface area contributed by atoms with Crippen LogP contribution in [0.25, 0.3) is 0 Å². The minimum absolute atomic E-state index is 0.311. The monoisotopic (exact) mass is 218 g/mol. The van der Waals surface area contributed by atoms with Gasteiger partial charge in [0.2, 0.25) is 0 Å². The van der Waals surface area contributed by atoms with Crippen molar-refractivity contribution in [3.63, 3.8) is 0 Å². The van der Waals surface area contributed by atoms with Gasteiger partial charge in [0.1, 0.15) is 5.75 Å². The number of tetrazole rings is 1. The quantitative estimate of drug-likeness (QED) is 0.581. The highest BCUT2D eigenvalue weighted by atomic mass is 16.5. The SMILES string of the molecule is COc1ccccc1/C=N\Nc1nn[nH]n1. The molecule has 0 radical (unpaired) electrons. The van der Waals surface area contributed by atoms with E-state index in [1.807, 2.05) is 24.3 Å². The van der Waals surface area contributed by atoms with Gasteiger partial charge in [-0.3, -0.25) is 0 Å². The fourth-order valence-electron chi connectivity index (χ4n) is 1.14. The lowest BCUT2D eigenvalue weighted by Gasteiger charge is -2.02. The Morgan fingerprint density at radius 1 is 1.44 bits per heavy atom. The first kappa shape index (κ1) is 10.1. The minimum atomic E-state index is 0.311. The number of benzene rings is 1. The van der Waals surface area contributed by atoms with Crippen LogP contribution in [0.15, 0.2) is 29.4 Å². The second kappa shape index (κ2) is 4.87. The summed E-state index contributed by atoms with van der Waals surface area (Å²) in [4.78, 5) is 0. The Kier molecular flexibility index (Phi) is 3.07. The first-order chi connectivity index (χ1) is 7.90. The van der Waals surface area contributed by atoms with Gasteiger partial charge in [0.15, 0.2) is 0 Å². The van der Waals surface area contributed by atoms with Crippen LogP contribution in [0.1, 0.15) is 5.56 Å². The minimum Gasteiger partial charge on any atom is -0.496 e. The van der Waals surface area contributed by atoms with Crippen LogP contribution in [0.2, 0.25) is 0 Å². The van der Waals surface area contributed by atoms with Crippen LogP contribution in [-0.2, 0) is 0 Å². The number of ether oxygens (including phenoxy) is 1. The van der Waals surface area contributed by atoms with Gasteiger partial charge < -0.3 is 4.74 Å². The zero-order chi connectivity index (χ0) is 11.2. The summed E-state index contributed by atoms with van der Waals surface area (Å²) in [6.07, 6.45) is 1.62. The molecule has 0 aliphatic carbocycles. The largest absolute Gasteiger partial charge is 0.496 e. The van der Waals surface area contributed by atoms with E-state index in [1.54, 1.807) is 13.3 Å². The van der Waals surface area contributed by atoms with Gasteiger partial charge in [-0.1, -0.05) is 17.2 Å². The highest BCUT2D eigenvalue weighted by Crippen LogP contribution is 2.14. The van der Waals surface area contributed by atoms with Gasteiger partial charge in [0, 0.05) is 5.56 Å². The zero-order valence-corrected chi connectivity index (χ0v) is 8.58. The van der Waals surface area contributed by atoms with Crippen molar-refractivity contribution >= 4 is 12.2 Å². The molecule has 0 fully saturated rings. The highest BCUT2D eigenvalue weighted by Gasteiger charge is 1.97. The van der Waals surface area contributed by atoms with Crippen molar-refractivity contribution < 1.29 is 4.74 Å². The van der Waals surface area contributed by atoms with E-state index in [2.05, 4.69) is 31.2 Å². The van der Waals surface area contributed by atoms with Crippen molar-refractivity contribution in [3.05, 3.63) is 29.8 Å². The molecule has 0 aliphatic heterocycles. The number of hydrogen-bond acceptors (Lipinski definition) is 6. The lowest BCUT2D eigenvalue weighted by Crippen LogP contribution is -1.94. The molecule has 16 heavy (non-hydrogen) atoms. The number of nitrogens with zero attached hydrogens (tertiary/aromatic N) is 4. The van der Waals surface area contributed by atoms with Crippen molar-refractivity contribution in [2.45, 2.75) is 0 Å². The average molecular weight is 218 g/mol. The van der Waals surface area contributed by atoms with E-state index in [-0.39, 0.29) is 0 Å². The average Bonchev–Trinajstić information content (AvgIpc) is 2.83. The summed E-state index contributed by atoms with van der Waals surface area (Å²) in [5, 5.41) is 17.0. The fourth-order valence-corrected chi connectivity index (χ4v) is 1.14. The Balaban J connectivity index is 2.05. The molecule has 82 valence electrons. The zero-order valence-electron chi connectivity index (χ0n) is 8.58. The number of hydrogen-bond donors (Lipinski definition) is 2. The molecule has 0 saturated heterocycles. The number of methoxy groups -OCH3 is 1. The summed E-state index contributed by atoms with van der Waals surface area (Å²) in [5.74, 6) is 1.06. The number of para-hydroxylation sites is 1. The number of aromatic amines is 1. The van der Waals surface area contributed by atoms with E-state index < -0.39 is 0 Å². The molecule has 0 aliphatic rings. The van der Waals surface area contributed by atoms with Crippen molar-refractivity contribution in [1.29, 1.82) is 0 Å². The maximum absolute atomic E-state index is 5.16. The van der Waals surface area contributed by atoms with Crippen molar-refractivity contribution in [2.24, 2.45) is 5.10 Å². The molecule has 1 heterocycles. The molecule has 7 heteroatoms. The Labute approximate surface area is 91.5 Å². The molecular weight excluding hydrogens is 208 g/mol. The third kappa shape index (κ3) is 2.32. The summed E-state index contributed by atoms with van der Waals surface area (Å²) in [5.41, 5.74) is 3.48. The normalized spacial score (nSPS) is 10.6. The Bertz CT molecular complexity index is 467. The summed E-state index contributed by atoms with van der Waals surface area (Å²) in [7, 11) is 1.61. The van der Waals surface area contributed by atoms with Crippen LogP contribution in [0.3, 0.4) is 0 Å². The van der Waals surface area contributed by atoms with E-state index in [4.69, 9.17) is 4.74 Å². The molecule has 0 saturated carbocycles. The van der Waals surface area contributed by atoms with E-state index in [0.29, 0.717) is 5.95 Å². The second-order valence-electron chi connectivity index (χ2n) is 2.85. The summed E-state index contributed by atoms with van der Waals surface area (Å²) in [6, 6.07) is 7.54. The molecule has 1 aromatic carbocycles.